The molecule has 5 heterocycles. The summed E-state index contributed by atoms with van der Waals surface area (Å²) < 4.78 is 1.77. The first-order valence-corrected chi connectivity index (χ1v) is 10.1. The van der Waals surface area contributed by atoms with Crippen LogP contribution in [-0.2, 0) is 11.8 Å². The average Bonchev–Trinajstić information content (AvgIpc) is 3.24. The summed E-state index contributed by atoms with van der Waals surface area (Å²) in [5.74, 6) is 1.82. The van der Waals surface area contributed by atoms with Crippen LogP contribution in [0.25, 0.3) is 11.0 Å². The number of hydrogen-bond acceptors (Lipinski definition) is 6. The summed E-state index contributed by atoms with van der Waals surface area (Å²) in [6.07, 6.45) is 9.06. The Balaban J connectivity index is 1.20. The van der Waals surface area contributed by atoms with E-state index in [4.69, 9.17) is 0 Å². The molecule has 5 rings (SSSR count). The zero-order valence-electron chi connectivity index (χ0n) is 15.8. The minimum atomic E-state index is 0.329. The summed E-state index contributed by atoms with van der Waals surface area (Å²) in [6.45, 7) is 3.15. The molecule has 3 saturated heterocycles. The molecule has 3 aliphatic rings. The number of piperazine rings is 1. The SMILES string of the molecule is Cn1ncc2c(N3CCN(C(=O)CC4CC5CCC(C4)N5)CC3)ncnc21. The summed E-state index contributed by atoms with van der Waals surface area (Å²) in [6, 6.07) is 1.30. The number of piperidine rings is 1. The van der Waals surface area contributed by atoms with Gasteiger partial charge >= 0.3 is 0 Å². The minimum Gasteiger partial charge on any atom is -0.352 e. The Morgan fingerprint density at radius 1 is 1.15 bits per heavy atom. The number of aryl methyl sites for hydroxylation is 1. The van der Waals surface area contributed by atoms with Gasteiger partial charge in [0, 0.05) is 51.7 Å². The monoisotopic (exact) mass is 369 g/mol. The number of amides is 1. The van der Waals surface area contributed by atoms with Crippen LogP contribution in [0.2, 0.25) is 0 Å². The van der Waals surface area contributed by atoms with Gasteiger partial charge < -0.3 is 15.1 Å². The molecule has 0 radical (unpaired) electrons. The van der Waals surface area contributed by atoms with Crippen LogP contribution in [0.5, 0.6) is 0 Å². The number of carbonyl (C=O) groups excluding carboxylic acids is 1. The fourth-order valence-corrected chi connectivity index (χ4v) is 5.09. The molecule has 0 saturated carbocycles. The Hall–Kier alpha value is -2.22. The predicted octanol–water partition coefficient (Wildman–Crippen LogP) is 0.933. The fourth-order valence-electron chi connectivity index (χ4n) is 5.09. The van der Waals surface area contributed by atoms with Gasteiger partial charge in [-0.3, -0.25) is 9.48 Å². The number of rotatable bonds is 3. The molecule has 2 aromatic rings. The summed E-state index contributed by atoms with van der Waals surface area (Å²) in [7, 11) is 1.89. The van der Waals surface area contributed by atoms with Crippen LogP contribution in [0.15, 0.2) is 12.5 Å². The molecule has 1 N–H and O–H groups in total. The van der Waals surface area contributed by atoms with Gasteiger partial charge in [-0.25, -0.2) is 9.97 Å². The van der Waals surface area contributed by atoms with Crippen molar-refractivity contribution in [2.45, 2.75) is 44.2 Å². The number of carbonyl (C=O) groups is 1. The van der Waals surface area contributed by atoms with Gasteiger partial charge in [0.15, 0.2) is 5.65 Å². The molecular weight excluding hydrogens is 342 g/mol. The summed E-state index contributed by atoms with van der Waals surface area (Å²) >= 11 is 0. The highest BCUT2D eigenvalue weighted by Crippen LogP contribution is 2.33. The van der Waals surface area contributed by atoms with Gasteiger partial charge in [-0.2, -0.15) is 5.10 Å². The lowest BCUT2D eigenvalue weighted by molar-refractivity contribution is -0.132. The third-order valence-corrected chi connectivity index (χ3v) is 6.47. The van der Waals surface area contributed by atoms with Crippen molar-refractivity contribution in [2.24, 2.45) is 13.0 Å². The third-order valence-electron chi connectivity index (χ3n) is 6.47. The van der Waals surface area contributed by atoms with E-state index in [-0.39, 0.29) is 0 Å². The number of nitrogens with zero attached hydrogens (tertiary/aromatic N) is 6. The number of nitrogens with one attached hydrogen (secondary N) is 1. The van der Waals surface area contributed by atoms with Crippen molar-refractivity contribution in [3.8, 4) is 0 Å². The van der Waals surface area contributed by atoms with Crippen molar-refractivity contribution in [1.82, 2.24) is 30.0 Å². The van der Waals surface area contributed by atoms with Crippen LogP contribution in [0, 0.1) is 5.92 Å². The second-order valence-electron chi connectivity index (χ2n) is 8.25. The second kappa shape index (κ2) is 6.74. The molecule has 8 nitrogen and oxygen atoms in total. The third kappa shape index (κ3) is 3.16. The number of hydrogen-bond donors (Lipinski definition) is 1. The highest BCUT2D eigenvalue weighted by Gasteiger charge is 2.35. The lowest BCUT2D eigenvalue weighted by atomic mass is 9.89. The molecule has 3 aliphatic heterocycles. The standard InChI is InChI=1S/C19H27N7O/c1-24-18-16(11-22-24)19(21-12-20-18)26-6-4-25(5-7-26)17(27)10-13-8-14-2-3-15(9-13)23-14/h11-15,23H,2-10H2,1H3. The van der Waals surface area contributed by atoms with Gasteiger partial charge in [-0.1, -0.05) is 0 Å². The van der Waals surface area contributed by atoms with E-state index in [1.807, 2.05) is 18.1 Å². The highest BCUT2D eigenvalue weighted by molar-refractivity contribution is 5.86. The molecule has 2 unspecified atom stereocenters. The summed E-state index contributed by atoms with van der Waals surface area (Å²) in [5.41, 5.74) is 0.846. The van der Waals surface area contributed by atoms with Gasteiger partial charge in [-0.05, 0) is 31.6 Å². The molecule has 0 aromatic carbocycles. The lowest BCUT2D eigenvalue weighted by Gasteiger charge is -2.37. The Bertz CT molecular complexity index is 830. The van der Waals surface area contributed by atoms with Crippen LogP contribution in [-0.4, -0.2) is 68.8 Å². The maximum absolute atomic E-state index is 12.8. The second-order valence-corrected chi connectivity index (χ2v) is 8.25. The molecule has 0 aliphatic carbocycles. The van der Waals surface area contributed by atoms with E-state index in [2.05, 4.69) is 25.3 Å². The van der Waals surface area contributed by atoms with Gasteiger partial charge in [-0.15, -0.1) is 0 Å². The van der Waals surface area contributed by atoms with Gasteiger partial charge in [0.05, 0.1) is 11.6 Å². The average molecular weight is 369 g/mol. The maximum atomic E-state index is 12.8. The maximum Gasteiger partial charge on any atom is 0.222 e. The topological polar surface area (TPSA) is 79.2 Å². The Morgan fingerprint density at radius 2 is 1.89 bits per heavy atom. The Labute approximate surface area is 158 Å². The van der Waals surface area contributed by atoms with Crippen LogP contribution >= 0.6 is 0 Å². The van der Waals surface area contributed by atoms with Crippen molar-refractivity contribution in [3.63, 3.8) is 0 Å². The summed E-state index contributed by atoms with van der Waals surface area (Å²) in [5, 5.41) is 8.93. The predicted molar refractivity (Wildman–Crippen MR) is 102 cm³/mol. The van der Waals surface area contributed by atoms with Crippen molar-refractivity contribution < 1.29 is 4.79 Å². The van der Waals surface area contributed by atoms with Crippen LogP contribution in [0.4, 0.5) is 5.82 Å². The molecule has 2 aromatic heterocycles. The quantitative estimate of drug-likeness (QED) is 0.867. The lowest BCUT2D eigenvalue weighted by Crippen LogP contribution is -2.50. The fraction of sp³-hybridized carbons (Fsp3) is 0.684. The van der Waals surface area contributed by atoms with E-state index < -0.39 is 0 Å². The zero-order chi connectivity index (χ0) is 18.4. The molecular formula is C19H27N7O. The van der Waals surface area contributed by atoms with Crippen molar-refractivity contribution >= 4 is 22.8 Å². The van der Waals surface area contributed by atoms with E-state index >= 15 is 0 Å². The first kappa shape index (κ1) is 16.9. The molecule has 0 spiro atoms. The van der Waals surface area contributed by atoms with Crippen LogP contribution in [0.1, 0.15) is 32.1 Å². The normalized spacial score (nSPS) is 28.1. The van der Waals surface area contributed by atoms with E-state index in [1.165, 1.54) is 25.7 Å². The Morgan fingerprint density at radius 3 is 2.63 bits per heavy atom. The molecule has 144 valence electrons. The highest BCUT2D eigenvalue weighted by atomic mass is 16.2. The van der Waals surface area contributed by atoms with Crippen molar-refractivity contribution in [1.29, 1.82) is 0 Å². The summed E-state index contributed by atoms with van der Waals surface area (Å²) in [4.78, 5) is 25.9. The number of aromatic nitrogens is 4. The zero-order valence-corrected chi connectivity index (χ0v) is 15.8. The van der Waals surface area contributed by atoms with E-state index in [1.54, 1.807) is 11.0 Å². The van der Waals surface area contributed by atoms with E-state index in [0.29, 0.717) is 23.9 Å². The largest absolute Gasteiger partial charge is 0.352 e. The van der Waals surface area contributed by atoms with Crippen molar-refractivity contribution in [2.75, 3.05) is 31.1 Å². The molecule has 2 bridgehead atoms. The first-order valence-electron chi connectivity index (χ1n) is 10.1. The smallest absolute Gasteiger partial charge is 0.222 e. The number of anilines is 1. The molecule has 8 heteroatoms. The van der Waals surface area contributed by atoms with Crippen LogP contribution < -0.4 is 10.2 Å². The van der Waals surface area contributed by atoms with Gasteiger partial charge in [0.25, 0.3) is 0 Å². The molecule has 27 heavy (non-hydrogen) atoms. The van der Waals surface area contributed by atoms with Gasteiger partial charge in [0.1, 0.15) is 12.1 Å². The molecule has 1 amide bonds. The molecule has 3 fully saturated rings. The Kier molecular flexibility index (Phi) is 4.22. The van der Waals surface area contributed by atoms with E-state index in [0.717, 1.165) is 49.5 Å². The minimum absolute atomic E-state index is 0.329. The number of fused-ring (bicyclic) bond motifs is 3. The van der Waals surface area contributed by atoms with Crippen molar-refractivity contribution in [3.05, 3.63) is 12.5 Å². The molecule has 2 atom stereocenters. The van der Waals surface area contributed by atoms with Crippen LogP contribution in [0.3, 0.4) is 0 Å². The van der Waals surface area contributed by atoms with Gasteiger partial charge in [0.2, 0.25) is 5.91 Å². The van der Waals surface area contributed by atoms with E-state index in [9.17, 15) is 4.79 Å². The first-order chi connectivity index (χ1) is 13.2.